The molecule has 0 aliphatic carbocycles. The fourth-order valence-corrected chi connectivity index (χ4v) is 2.86. The van der Waals surface area contributed by atoms with Gasteiger partial charge in [0, 0.05) is 23.2 Å². The molecule has 1 aromatic heterocycles. The molecule has 3 rings (SSSR count). The van der Waals surface area contributed by atoms with E-state index in [0.717, 1.165) is 16.9 Å². The molecular formula is C18H18N3O3S-. The molecule has 0 amide bonds. The molecule has 2 heterocycles. The van der Waals surface area contributed by atoms with Crippen LogP contribution in [-0.4, -0.2) is 21.7 Å². The Morgan fingerprint density at radius 1 is 1.28 bits per heavy atom. The number of pyridine rings is 1. The number of carbonyl (C=O) groups excluding carboxylic acids is 1. The van der Waals surface area contributed by atoms with Crippen molar-refractivity contribution in [1.29, 1.82) is 0 Å². The number of anilines is 2. The number of aromatic carboxylic acids is 1. The molecule has 0 saturated carbocycles. The lowest BCUT2D eigenvalue weighted by Gasteiger charge is -2.32. The molecule has 1 aliphatic heterocycles. The molecule has 1 aromatic carbocycles. The van der Waals surface area contributed by atoms with Crippen molar-refractivity contribution in [3.8, 4) is 0 Å². The lowest BCUT2D eigenvalue weighted by Crippen LogP contribution is -2.34. The lowest BCUT2D eigenvalue weighted by atomic mass is 9.95. The molecular weight excluding hydrogens is 338 g/mol. The third kappa shape index (κ3) is 4.12. The number of carboxylic acids is 1. The Kier molecular flexibility index (Phi) is 4.69. The third-order valence-electron chi connectivity index (χ3n) is 3.89. The van der Waals surface area contributed by atoms with Gasteiger partial charge in [-0.1, -0.05) is 18.2 Å². The van der Waals surface area contributed by atoms with Crippen molar-refractivity contribution in [2.75, 3.05) is 10.6 Å². The number of ether oxygens (including phenoxy) is 1. The van der Waals surface area contributed by atoms with Gasteiger partial charge in [-0.25, -0.2) is 4.98 Å². The van der Waals surface area contributed by atoms with Crippen LogP contribution in [0.1, 0.15) is 35.5 Å². The summed E-state index contributed by atoms with van der Waals surface area (Å²) in [6.45, 7) is 4.26. The van der Waals surface area contributed by atoms with Gasteiger partial charge in [0.25, 0.3) is 0 Å². The van der Waals surface area contributed by atoms with E-state index in [0.29, 0.717) is 13.0 Å². The van der Waals surface area contributed by atoms with Gasteiger partial charge in [-0.2, -0.15) is 0 Å². The Hall–Kier alpha value is -2.51. The van der Waals surface area contributed by atoms with Gasteiger partial charge in [-0.05, 0) is 44.3 Å². The normalized spacial score (nSPS) is 15.1. The van der Waals surface area contributed by atoms with Crippen molar-refractivity contribution in [2.24, 2.45) is 0 Å². The number of thiocarbonyl (C=S) groups is 1. The van der Waals surface area contributed by atoms with Crippen molar-refractivity contribution < 1.29 is 14.6 Å². The Bertz CT molecular complexity index is 822. The molecule has 0 bridgehead atoms. The molecule has 130 valence electrons. The van der Waals surface area contributed by atoms with Crippen molar-refractivity contribution in [3.05, 3.63) is 53.2 Å². The van der Waals surface area contributed by atoms with E-state index in [1.54, 1.807) is 6.07 Å². The van der Waals surface area contributed by atoms with E-state index in [4.69, 9.17) is 17.0 Å². The van der Waals surface area contributed by atoms with Gasteiger partial charge in [0.15, 0.2) is 5.11 Å². The number of benzene rings is 1. The Morgan fingerprint density at radius 2 is 2.00 bits per heavy atom. The largest absolute Gasteiger partial charge is 0.545 e. The number of hydrogen-bond donors (Lipinski definition) is 2. The lowest BCUT2D eigenvalue weighted by molar-refractivity contribution is -0.254. The van der Waals surface area contributed by atoms with Crippen LogP contribution in [0.4, 0.5) is 11.5 Å². The molecule has 0 saturated heterocycles. The molecule has 2 aromatic rings. The summed E-state index contributed by atoms with van der Waals surface area (Å²) in [4.78, 5) is 16.0. The van der Waals surface area contributed by atoms with Gasteiger partial charge in [-0.3, -0.25) is 0 Å². The fourth-order valence-electron chi connectivity index (χ4n) is 2.64. The van der Waals surface area contributed by atoms with Crippen LogP contribution in [0.3, 0.4) is 0 Å². The van der Waals surface area contributed by atoms with Crippen LogP contribution in [0, 0.1) is 0 Å². The Labute approximate surface area is 151 Å². The van der Waals surface area contributed by atoms with Gasteiger partial charge in [0.1, 0.15) is 5.82 Å². The minimum atomic E-state index is -1.31. The van der Waals surface area contributed by atoms with E-state index in [2.05, 4.69) is 15.6 Å². The van der Waals surface area contributed by atoms with E-state index >= 15 is 0 Å². The predicted molar refractivity (Wildman–Crippen MR) is 97.4 cm³/mol. The maximum Gasteiger partial charge on any atom is 0.176 e. The second-order valence-electron chi connectivity index (χ2n) is 6.45. The number of carboxylic acid groups (broad SMARTS) is 1. The molecule has 0 atom stereocenters. The monoisotopic (exact) mass is 356 g/mol. The van der Waals surface area contributed by atoms with E-state index < -0.39 is 5.97 Å². The molecule has 0 fully saturated rings. The summed E-state index contributed by atoms with van der Waals surface area (Å²) in [5, 5.41) is 17.6. The molecule has 1 aliphatic rings. The van der Waals surface area contributed by atoms with Crippen molar-refractivity contribution >= 4 is 34.8 Å². The van der Waals surface area contributed by atoms with Gasteiger partial charge >= 0.3 is 0 Å². The zero-order valence-electron chi connectivity index (χ0n) is 14.0. The molecule has 25 heavy (non-hydrogen) atoms. The first-order chi connectivity index (χ1) is 11.8. The van der Waals surface area contributed by atoms with Gasteiger partial charge in [0.05, 0.1) is 23.9 Å². The predicted octanol–water partition coefficient (Wildman–Crippen LogP) is 2.11. The van der Waals surface area contributed by atoms with Crippen LogP contribution in [0.25, 0.3) is 0 Å². The smallest absolute Gasteiger partial charge is 0.176 e. The number of fused-ring (bicyclic) bond motifs is 1. The first kappa shape index (κ1) is 17.3. The second kappa shape index (κ2) is 6.78. The Balaban J connectivity index is 1.86. The fraction of sp³-hybridized carbons (Fsp3) is 0.278. The number of nitrogens with zero attached hydrogens (tertiary/aromatic N) is 1. The SMILES string of the molecule is CC1(C)Cc2nc(NC(=S)Nc3ccccc3)c(C(=O)[O-])cc2CO1. The van der Waals surface area contributed by atoms with Crippen LogP contribution in [0.5, 0.6) is 0 Å². The minimum absolute atomic E-state index is 0.0423. The van der Waals surface area contributed by atoms with Crippen LogP contribution in [0.15, 0.2) is 36.4 Å². The number of carbonyl (C=O) groups is 1. The number of nitrogens with one attached hydrogen (secondary N) is 2. The summed E-state index contributed by atoms with van der Waals surface area (Å²) in [6.07, 6.45) is 0.587. The van der Waals surface area contributed by atoms with Crippen molar-refractivity contribution in [2.45, 2.75) is 32.5 Å². The van der Waals surface area contributed by atoms with E-state index in [9.17, 15) is 9.90 Å². The number of hydrogen-bond acceptors (Lipinski definition) is 5. The standard InChI is InChI=1S/C18H19N3O3S/c1-18(2)9-14-11(10-24-18)8-13(16(22)23)15(20-14)21-17(25)19-12-6-4-3-5-7-12/h3-8H,9-10H2,1-2H3,(H,22,23)(H2,19,20,21,25)/p-1. The van der Waals surface area contributed by atoms with Crippen LogP contribution < -0.4 is 15.7 Å². The maximum absolute atomic E-state index is 11.5. The Morgan fingerprint density at radius 3 is 2.68 bits per heavy atom. The first-order valence-corrected chi connectivity index (χ1v) is 8.26. The highest BCUT2D eigenvalue weighted by Crippen LogP contribution is 2.29. The number of para-hydroxylation sites is 1. The summed E-state index contributed by atoms with van der Waals surface area (Å²) in [5.74, 6) is -1.14. The van der Waals surface area contributed by atoms with Crippen LogP contribution in [0.2, 0.25) is 0 Å². The average Bonchev–Trinajstić information content (AvgIpc) is 2.54. The molecule has 7 heteroatoms. The van der Waals surface area contributed by atoms with Gasteiger partial charge in [-0.15, -0.1) is 0 Å². The second-order valence-corrected chi connectivity index (χ2v) is 6.86. The van der Waals surface area contributed by atoms with Crippen molar-refractivity contribution in [1.82, 2.24) is 4.98 Å². The molecule has 6 nitrogen and oxygen atoms in total. The van der Waals surface area contributed by atoms with Gasteiger partial charge in [0.2, 0.25) is 0 Å². The van der Waals surface area contributed by atoms with E-state index in [1.807, 2.05) is 44.2 Å². The zero-order valence-corrected chi connectivity index (χ0v) is 14.8. The highest BCUT2D eigenvalue weighted by Gasteiger charge is 2.28. The first-order valence-electron chi connectivity index (χ1n) is 7.85. The summed E-state index contributed by atoms with van der Waals surface area (Å²) < 4.78 is 5.71. The third-order valence-corrected chi connectivity index (χ3v) is 4.09. The summed E-state index contributed by atoms with van der Waals surface area (Å²) in [6, 6.07) is 10.9. The molecule has 0 unspecified atom stereocenters. The quantitative estimate of drug-likeness (QED) is 0.815. The number of rotatable bonds is 3. The van der Waals surface area contributed by atoms with Crippen molar-refractivity contribution in [3.63, 3.8) is 0 Å². The zero-order chi connectivity index (χ0) is 18.0. The van der Waals surface area contributed by atoms with Gasteiger partial charge < -0.3 is 25.3 Å². The van der Waals surface area contributed by atoms with E-state index in [-0.39, 0.29) is 22.1 Å². The average molecular weight is 356 g/mol. The summed E-state index contributed by atoms with van der Waals surface area (Å²) in [7, 11) is 0. The molecule has 0 radical (unpaired) electrons. The number of aromatic nitrogens is 1. The summed E-state index contributed by atoms with van der Waals surface area (Å²) >= 11 is 5.26. The highest BCUT2D eigenvalue weighted by atomic mass is 32.1. The van der Waals surface area contributed by atoms with Crippen LogP contribution in [-0.2, 0) is 17.8 Å². The molecule has 2 N–H and O–H groups in total. The molecule has 0 spiro atoms. The topological polar surface area (TPSA) is 86.3 Å². The van der Waals surface area contributed by atoms with E-state index in [1.165, 1.54) is 0 Å². The van der Waals surface area contributed by atoms with Crippen LogP contribution >= 0.6 is 12.2 Å². The summed E-state index contributed by atoms with van der Waals surface area (Å²) in [5.41, 5.74) is 1.96. The highest BCUT2D eigenvalue weighted by molar-refractivity contribution is 7.80. The minimum Gasteiger partial charge on any atom is -0.545 e. The maximum atomic E-state index is 11.5.